The lowest BCUT2D eigenvalue weighted by atomic mass is 10.2. The predicted molar refractivity (Wildman–Crippen MR) is 75.7 cm³/mol. The maximum Gasteiger partial charge on any atom is 0.147 e. The first kappa shape index (κ1) is 13.2. The first-order valence-electron chi connectivity index (χ1n) is 5.56. The van der Waals surface area contributed by atoms with Gasteiger partial charge in [-0.2, -0.15) is 0 Å². The fourth-order valence-electron chi connectivity index (χ4n) is 1.61. The smallest absolute Gasteiger partial charge is 0.147 e. The molecule has 2 aromatic carbocycles. The maximum absolute atomic E-state index is 6.07. The molecule has 0 atom stereocenters. The van der Waals surface area contributed by atoms with Crippen molar-refractivity contribution in [2.45, 2.75) is 6.54 Å². The van der Waals surface area contributed by atoms with Crippen molar-refractivity contribution in [3.63, 3.8) is 0 Å². The van der Waals surface area contributed by atoms with E-state index in [0.29, 0.717) is 15.8 Å². The van der Waals surface area contributed by atoms with E-state index in [0.717, 1.165) is 17.9 Å². The lowest BCUT2D eigenvalue weighted by Crippen LogP contribution is -2.04. The molecule has 0 aromatic heterocycles. The summed E-state index contributed by atoms with van der Waals surface area (Å²) < 4.78 is 5.73. The molecule has 1 N–H and O–H groups in total. The minimum absolute atomic E-state index is 0.429. The zero-order valence-corrected chi connectivity index (χ0v) is 11.4. The van der Waals surface area contributed by atoms with Crippen molar-refractivity contribution in [3.05, 3.63) is 58.1 Å². The van der Waals surface area contributed by atoms with Crippen LogP contribution >= 0.6 is 23.2 Å². The largest absolute Gasteiger partial charge is 0.456 e. The number of halogens is 2. The van der Waals surface area contributed by atoms with Crippen molar-refractivity contribution in [1.29, 1.82) is 0 Å². The highest BCUT2D eigenvalue weighted by Gasteiger charge is 2.06. The SMILES string of the molecule is CNCc1cccc(Oc2cccc(Cl)c2Cl)c1. The van der Waals surface area contributed by atoms with Crippen molar-refractivity contribution in [2.75, 3.05) is 7.05 Å². The second-order valence-electron chi connectivity index (χ2n) is 3.83. The summed E-state index contributed by atoms with van der Waals surface area (Å²) in [7, 11) is 1.90. The summed E-state index contributed by atoms with van der Waals surface area (Å²) in [5, 5.41) is 4.01. The topological polar surface area (TPSA) is 21.3 Å². The van der Waals surface area contributed by atoms with Crippen LogP contribution < -0.4 is 10.1 Å². The van der Waals surface area contributed by atoms with E-state index in [-0.39, 0.29) is 0 Å². The van der Waals surface area contributed by atoms with E-state index in [4.69, 9.17) is 27.9 Å². The van der Waals surface area contributed by atoms with Crippen molar-refractivity contribution >= 4 is 23.2 Å². The third kappa shape index (κ3) is 3.16. The Hall–Kier alpha value is -1.22. The summed E-state index contributed by atoms with van der Waals surface area (Å²) in [5.41, 5.74) is 1.15. The zero-order chi connectivity index (χ0) is 13.0. The Morgan fingerprint density at radius 2 is 1.89 bits per heavy atom. The summed E-state index contributed by atoms with van der Waals surface area (Å²) in [4.78, 5) is 0. The molecule has 94 valence electrons. The van der Waals surface area contributed by atoms with E-state index < -0.39 is 0 Å². The number of benzene rings is 2. The van der Waals surface area contributed by atoms with Crippen LogP contribution in [0, 0.1) is 0 Å². The molecule has 0 fully saturated rings. The summed E-state index contributed by atoms with van der Waals surface area (Å²) in [6.45, 7) is 0.792. The van der Waals surface area contributed by atoms with Crippen LogP contribution in [0.2, 0.25) is 10.0 Å². The van der Waals surface area contributed by atoms with Gasteiger partial charge in [0.2, 0.25) is 0 Å². The van der Waals surface area contributed by atoms with Gasteiger partial charge in [-0.15, -0.1) is 0 Å². The van der Waals surface area contributed by atoms with Gasteiger partial charge >= 0.3 is 0 Å². The molecule has 0 unspecified atom stereocenters. The fourth-order valence-corrected chi connectivity index (χ4v) is 1.94. The minimum atomic E-state index is 0.429. The fraction of sp³-hybridized carbons (Fsp3) is 0.143. The van der Waals surface area contributed by atoms with Crippen LogP contribution in [0.25, 0.3) is 0 Å². The summed E-state index contributed by atoms with van der Waals surface area (Å²) in [6, 6.07) is 13.2. The molecule has 18 heavy (non-hydrogen) atoms. The van der Waals surface area contributed by atoms with Gasteiger partial charge in [-0.05, 0) is 36.9 Å². The Morgan fingerprint density at radius 3 is 2.67 bits per heavy atom. The molecule has 0 radical (unpaired) electrons. The third-order valence-corrected chi connectivity index (χ3v) is 3.22. The first-order valence-corrected chi connectivity index (χ1v) is 6.31. The van der Waals surface area contributed by atoms with Crippen LogP contribution in [-0.2, 0) is 6.54 Å². The molecule has 0 saturated carbocycles. The average molecular weight is 282 g/mol. The molecule has 0 aliphatic carbocycles. The van der Waals surface area contributed by atoms with Crippen molar-refractivity contribution in [2.24, 2.45) is 0 Å². The van der Waals surface area contributed by atoms with Gasteiger partial charge in [0.25, 0.3) is 0 Å². The van der Waals surface area contributed by atoms with Gasteiger partial charge in [0.05, 0.1) is 5.02 Å². The normalized spacial score (nSPS) is 10.4. The van der Waals surface area contributed by atoms with E-state index in [9.17, 15) is 0 Å². The third-order valence-electron chi connectivity index (χ3n) is 2.42. The Kier molecular flexibility index (Phi) is 4.48. The highest BCUT2D eigenvalue weighted by molar-refractivity contribution is 6.42. The number of hydrogen-bond donors (Lipinski definition) is 1. The summed E-state index contributed by atoms with van der Waals surface area (Å²) >= 11 is 12.0. The second kappa shape index (κ2) is 6.10. The molecule has 0 aliphatic rings. The minimum Gasteiger partial charge on any atom is -0.456 e. The van der Waals surface area contributed by atoms with Crippen LogP contribution in [0.15, 0.2) is 42.5 Å². The Bertz CT molecular complexity index is 543. The van der Waals surface area contributed by atoms with Crippen LogP contribution in [0.5, 0.6) is 11.5 Å². The zero-order valence-electron chi connectivity index (χ0n) is 9.91. The second-order valence-corrected chi connectivity index (χ2v) is 4.62. The number of nitrogens with one attached hydrogen (secondary N) is 1. The molecule has 0 bridgehead atoms. The molecule has 0 spiro atoms. The van der Waals surface area contributed by atoms with E-state index in [1.807, 2.05) is 31.3 Å². The lowest BCUT2D eigenvalue weighted by Gasteiger charge is -2.09. The van der Waals surface area contributed by atoms with Crippen LogP contribution in [-0.4, -0.2) is 7.05 Å². The molecule has 4 heteroatoms. The molecule has 0 saturated heterocycles. The van der Waals surface area contributed by atoms with Crippen molar-refractivity contribution in [1.82, 2.24) is 5.32 Å². The molecule has 0 amide bonds. The lowest BCUT2D eigenvalue weighted by molar-refractivity contribution is 0.482. The van der Waals surface area contributed by atoms with Gasteiger partial charge in [0, 0.05) is 6.54 Å². The van der Waals surface area contributed by atoms with Crippen molar-refractivity contribution < 1.29 is 4.74 Å². The molecule has 2 rings (SSSR count). The molecular formula is C14H13Cl2NO. The highest BCUT2D eigenvalue weighted by atomic mass is 35.5. The molecular weight excluding hydrogens is 269 g/mol. The molecule has 2 aromatic rings. The maximum atomic E-state index is 6.07. The number of hydrogen-bond acceptors (Lipinski definition) is 2. The van der Waals surface area contributed by atoms with Gasteiger partial charge in [-0.3, -0.25) is 0 Å². The van der Waals surface area contributed by atoms with Gasteiger partial charge in [-0.1, -0.05) is 41.4 Å². The Balaban J connectivity index is 2.23. The van der Waals surface area contributed by atoms with Crippen LogP contribution in [0.1, 0.15) is 5.56 Å². The number of rotatable bonds is 4. The van der Waals surface area contributed by atoms with Gasteiger partial charge < -0.3 is 10.1 Å². The van der Waals surface area contributed by atoms with E-state index in [1.54, 1.807) is 18.2 Å². The van der Waals surface area contributed by atoms with E-state index in [1.165, 1.54) is 0 Å². The van der Waals surface area contributed by atoms with Gasteiger partial charge in [0.1, 0.15) is 16.5 Å². The number of ether oxygens (including phenoxy) is 1. The predicted octanol–water partition coefficient (Wildman–Crippen LogP) is 4.51. The quantitative estimate of drug-likeness (QED) is 0.891. The first-order chi connectivity index (χ1) is 8.70. The monoisotopic (exact) mass is 281 g/mol. The Labute approximate surface area is 116 Å². The highest BCUT2D eigenvalue weighted by Crippen LogP contribution is 2.34. The van der Waals surface area contributed by atoms with Gasteiger partial charge in [-0.25, -0.2) is 0 Å². The summed E-state index contributed by atoms with van der Waals surface area (Å²) in [6.07, 6.45) is 0. The van der Waals surface area contributed by atoms with E-state index in [2.05, 4.69) is 5.32 Å². The standard InChI is InChI=1S/C14H13Cl2NO/c1-17-9-10-4-2-5-11(8-10)18-13-7-3-6-12(15)14(13)16/h2-8,17H,9H2,1H3. The molecule has 0 heterocycles. The van der Waals surface area contributed by atoms with Crippen LogP contribution in [0.3, 0.4) is 0 Å². The molecule has 2 nitrogen and oxygen atoms in total. The Morgan fingerprint density at radius 1 is 1.11 bits per heavy atom. The summed E-state index contributed by atoms with van der Waals surface area (Å²) in [5.74, 6) is 1.30. The van der Waals surface area contributed by atoms with Crippen molar-refractivity contribution in [3.8, 4) is 11.5 Å². The van der Waals surface area contributed by atoms with Gasteiger partial charge in [0.15, 0.2) is 0 Å². The van der Waals surface area contributed by atoms with Crippen LogP contribution in [0.4, 0.5) is 0 Å². The average Bonchev–Trinajstić information content (AvgIpc) is 2.36. The molecule has 0 aliphatic heterocycles. The van der Waals surface area contributed by atoms with E-state index >= 15 is 0 Å².